The number of carboxylic acids is 1. The van der Waals surface area contributed by atoms with Crippen LogP contribution < -0.4 is 39.6 Å². The summed E-state index contributed by atoms with van der Waals surface area (Å²) in [5.74, 6) is 0.334. The lowest BCUT2D eigenvalue weighted by Gasteiger charge is -2.58. The Morgan fingerprint density at radius 2 is 1.83 bits per heavy atom. The highest BCUT2D eigenvalue weighted by Gasteiger charge is 2.71. The van der Waals surface area contributed by atoms with Gasteiger partial charge < -0.3 is 64.6 Å². The molecule has 0 saturated carbocycles. The van der Waals surface area contributed by atoms with Crippen molar-refractivity contribution in [3.8, 4) is 45.6 Å². The Bertz CT molecular complexity index is 1910. The van der Waals surface area contributed by atoms with Crippen LogP contribution in [0.4, 0.5) is 0 Å². The van der Waals surface area contributed by atoms with E-state index in [2.05, 4.69) is 16.0 Å². The lowest BCUT2D eigenvalue weighted by molar-refractivity contribution is -0.362. The Labute approximate surface area is 299 Å². The molecule has 15 heteroatoms. The van der Waals surface area contributed by atoms with E-state index in [-0.39, 0.29) is 36.1 Å². The van der Waals surface area contributed by atoms with Gasteiger partial charge in [0.1, 0.15) is 35.6 Å². The number of benzene rings is 3. The third kappa shape index (κ3) is 4.87. The van der Waals surface area contributed by atoms with Crippen LogP contribution >= 0.6 is 0 Å². The number of likely N-dealkylation sites (N-methyl/N-ethyl adjacent to an activating group) is 1. The van der Waals surface area contributed by atoms with E-state index in [0.29, 0.717) is 46.1 Å². The monoisotopic (exact) mass is 721 g/mol. The molecule has 0 aromatic heterocycles. The summed E-state index contributed by atoms with van der Waals surface area (Å²) in [6.07, 6.45) is -4.25. The number of aliphatic hydroxyl groups excluding tert-OH is 2. The van der Waals surface area contributed by atoms with Crippen LogP contribution in [0.3, 0.4) is 0 Å². The average Bonchev–Trinajstić information content (AvgIpc) is 3.53. The fraction of sp³-hybridized carbons (Fsp3) is 0.486. The average molecular weight is 722 g/mol. The minimum Gasteiger partial charge on any atom is -0.508 e. The zero-order valence-electron chi connectivity index (χ0n) is 29.1. The van der Waals surface area contributed by atoms with E-state index in [1.165, 1.54) is 7.05 Å². The molecule has 2 saturated heterocycles. The topological polar surface area (TPSA) is 210 Å². The van der Waals surface area contributed by atoms with Crippen molar-refractivity contribution in [3.63, 3.8) is 0 Å². The highest BCUT2D eigenvalue weighted by Crippen LogP contribution is 2.63. The van der Waals surface area contributed by atoms with Gasteiger partial charge in [-0.1, -0.05) is 12.1 Å². The van der Waals surface area contributed by atoms with Gasteiger partial charge in [0, 0.05) is 29.8 Å². The molecule has 8 rings (SSSR count). The molecule has 278 valence electrons. The van der Waals surface area contributed by atoms with Crippen LogP contribution in [-0.2, 0) is 9.53 Å². The second-order valence-corrected chi connectivity index (χ2v) is 14.0. The Balaban J connectivity index is 1.28. The SMILES string of the molecule is CN[C@H]1CCC[C@@H]2Oc3cc(O[C@@H]4O[C@@]5(C(=O)O)[C@@H](NC)CN[C@@](O)([C@H]4O)[C@@H]5O)cc(-c4cccc(O)c4)c3[C@@H]3Oc4c(OC)c(OC)cc1c4[C@H]23. The van der Waals surface area contributed by atoms with Crippen molar-refractivity contribution >= 4 is 5.97 Å². The lowest BCUT2D eigenvalue weighted by atomic mass is 9.74. The number of nitrogens with one attached hydrogen (secondary N) is 3. The molecule has 2 fully saturated rings. The summed E-state index contributed by atoms with van der Waals surface area (Å²) in [5, 5.41) is 63.8. The summed E-state index contributed by atoms with van der Waals surface area (Å²) in [5.41, 5.74) is -0.999. The molecule has 10 atom stereocenters. The maximum Gasteiger partial charge on any atom is 0.340 e. The predicted molar refractivity (Wildman–Crippen MR) is 183 cm³/mol. The van der Waals surface area contributed by atoms with E-state index in [0.717, 1.165) is 24.0 Å². The van der Waals surface area contributed by atoms with E-state index >= 15 is 0 Å². The van der Waals surface area contributed by atoms with Gasteiger partial charge in [-0.3, -0.25) is 5.32 Å². The zero-order chi connectivity index (χ0) is 36.7. The minimum absolute atomic E-state index is 0.0157. The van der Waals surface area contributed by atoms with Crippen LogP contribution in [0.15, 0.2) is 42.5 Å². The van der Waals surface area contributed by atoms with Crippen LogP contribution in [0.2, 0.25) is 0 Å². The third-order valence-electron chi connectivity index (χ3n) is 11.4. The number of hydrogen-bond donors (Lipinski definition) is 8. The molecule has 3 aromatic rings. The number of ether oxygens (including phenoxy) is 6. The zero-order valence-corrected chi connectivity index (χ0v) is 29.1. The van der Waals surface area contributed by atoms with Crippen molar-refractivity contribution in [2.75, 3.05) is 34.9 Å². The smallest absolute Gasteiger partial charge is 0.340 e. The van der Waals surface area contributed by atoms with Crippen molar-refractivity contribution in [3.05, 3.63) is 59.2 Å². The maximum atomic E-state index is 12.7. The molecule has 15 nitrogen and oxygen atoms in total. The molecular formula is C37H43N3O12. The molecule has 0 radical (unpaired) electrons. The second kappa shape index (κ2) is 12.7. The molecular weight excluding hydrogens is 678 g/mol. The number of carboxylic acid groups (broad SMARTS) is 1. The molecule has 5 aliphatic rings. The van der Waals surface area contributed by atoms with Crippen molar-refractivity contribution < 1.29 is 58.7 Å². The Morgan fingerprint density at radius 3 is 2.52 bits per heavy atom. The van der Waals surface area contributed by atoms with Crippen molar-refractivity contribution in [1.29, 1.82) is 0 Å². The normalized spacial score (nSPS) is 34.1. The number of carbonyl (C=O) groups is 1. The molecule has 0 unspecified atom stereocenters. The lowest BCUT2D eigenvalue weighted by Crippen LogP contribution is -2.87. The maximum absolute atomic E-state index is 12.7. The van der Waals surface area contributed by atoms with Gasteiger partial charge in [0.25, 0.3) is 0 Å². The Kier molecular flexibility index (Phi) is 8.45. The Hall–Kier alpha value is -4.35. The fourth-order valence-electron chi connectivity index (χ4n) is 8.90. The van der Waals surface area contributed by atoms with E-state index in [1.54, 1.807) is 44.6 Å². The first kappa shape index (κ1) is 34.7. The van der Waals surface area contributed by atoms with Crippen LogP contribution in [-0.4, -0.2) is 108 Å². The molecule has 3 aromatic carbocycles. The number of piperidine rings is 1. The summed E-state index contributed by atoms with van der Waals surface area (Å²) in [6, 6.07) is 11.0. The van der Waals surface area contributed by atoms with Gasteiger partial charge in [-0.15, -0.1) is 0 Å². The van der Waals surface area contributed by atoms with E-state index in [9.17, 15) is 30.3 Å². The van der Waals surface area contributed by atoms with Gasteiger partial charge in [0.05, 0.1) is 26.2 Å². The highest BCUT2D eigenvalue weighted by molar-refractivity contribution is 5.81. The van der Waals surface area contributed by atoms with Crippen LogP contribution in [0.25, 0.3) is 11.1 Å². The number of fused-ring (bicyclic) bond motifs is 4. The number of aliphatic carboxylic acids is 1. The fourth-order valence-corrected chi connectivity index (χ4v) is 8.90. The van der Waals surface area contributed by atoms with Crippen LogP contribution in [0.1, 0.15) is 54.0 Å². The van der Waals surface area contributed by atoms with Crippen molar-refractivity contribution in [1.82, 2.24) is 16.0 Å². The van der Waals surface area contributed by atoms with Gasteiger partial charge in [-0.25, -0.2) is 4.79 Å². The van der Waals surface area contributed by atoms with E-state index < -0.39 is 47.9 Å². The summed E-state index contributed by atoms with van der Waals surface area (Å²) in [4.78, 5) is 12.7. The Morgan fingerprint density at radius 1 is 1.02 bits per heavy atom. The van der Waals surface area contributed by atoms with Gasteiger partial charge in [0.2, 0.25) is 17.6 Å². The summed E-state index contributed by atoms with van der Waals surface area (Å²) in [7, 11) is 6.59. The molecule has 52 heavy (non-hydrogen) atoms. The van der Waals surface area contributed by atoms with Gasteiger partial charge in [0.15, 0.2) is 23.3 Å². The van der Waals surface area contributed by atoms with Gasteiger partial charge in [-0.2, -0.15) is 0 Å². The molecule has 0 amide bonds. The first-order valence-electron chi connectivity index (χ1n) is 17.4. The number of methoxy groups -OCH3 is 2. The summed E-state index contributed by atoms with van der Waals surface area (Å²) in [6.45, 7) is -0.131. The van der Waals surface area contributed by atoms with Gasteiger partial charge >= 0.3 is 5.97 Å². The molecule has 8 N–H and O–H groups in total. The number of aromatic hydroxyl groups is 1. The van der Waals surface area contributed by atoms with Crippen molar-refractivity contribution in [2.24, 2.45) is 0 Å². The molecule has 2 bridgehead atoms. The standard InChI is InChI=1S/C37H43N3O12/c1-38-21-9-6-10-22-28-27-20(21)14-24(47-3)29(48-4)31(27)51-30(28)26-19(16-7-5-8-17(41)11-16)12-18(13-23(26)50-22)49-33-32(42)37(46)34(43)36(52-33,35(44)45)25(39-2)15-40-37/h5,7-8,11-14,21-22,25,28,30,32-34,38-43,46H,6,9-10,15H2,1-4H3,(H,44,45)/t21-,22-,25-,28-,30-,32-,33+,34+,36-,37+/m0/s1. The van der Waals surface area contributed by atoms with Crippen molar-refractivity contribution in [2.45, 2.75) is 79.3 Å². The second-order valence-electron chi connectivity index (χ2n) is 14.0. The highest BCUT2D eigenvalue weighted by atomic mass is 16.7. The number of hydrogen-bond acceptors (Lipinski definition) is 14. The summed E-state index contributed by atoms with van der Waals surface area (Å²) >= 11 is 0. The third-order valence-corrected chi connectivity index (χ3v) is 11.4. The van der Waals surface area contributed by atoms with E-state index in [1.807, 2.05) is 19.2 Å². The first-order valence-corrected chi connectivity index (χ1v) is 17.4. The number of phenolic OH excluding ortho intramolecular Hbond substituents is 1. The number of rotatable bonds is 8. The van der Waals surface area contributed by atoms with Gasteiger partial charge in [-0.05, 0) is 74.3 Å². The minimum atomic E-state index is -2.48. The van der Waals surface area contributed by atoms with Crippen LogP contribution in [0.5, 0.6) is 34.5 Å². The number of aliphatic hydroxyl groups is 3. The molecule has 0 spiro atoms. The number of phenols is 1. The quantitative estimate of drug-likeness (QED) is 0.166. The van der Waals surface area contributed by atoms with Crippen LogP contribution in [0, 0.1) is 0 Å². The molecule has 4 heterocycles. The van der Waals surface area contributed by atoms with E-state index in [4.69, 9.17) is 28.4 Å². The largest absolute Gasteiger partial charge is 0.508 e. The molecule has 1 aliphatic carbocycles. The predicted octanol–water partition coefficient (Wildman–Crippen LogP) is 1.66. The first-order chi connectivity index (χ1) is 25.0. The molecule has 4 aliphatic heterocycles. The summed E-state index contributed by atoms with van der Waals surface area (Å²) < 4.78 is 37.6.